The van der Waals surface area contributed by atoms with Crippen LogP contribution in [-0.2, 0) is 16.6 Å². The van der Waals surface area contributed by atoms with Gasteiger partial charge in [0.15, 0.2) is 0 Å². The summed E-state index contributed by atoms with van der Waals surface area (Å²) < 4.78 is 0. The van der Waals surface area contributed by atoms with E-state index in [0.717, 1.165) is 31.2 Å². The van der Waals surface area contributed by atoms with Crippen LogP contribution in [0.25, 0.3) is 0 Å². The SMILES string of the molecule is CCCc1ccc(C2(C(=O)NNC)CC2)cc1. The average Bonchev–Trinajstić information content (AvgIpc) is 3.12. The van der Waals surface area contributed by atoms with Crippen molar-refractivity contribution in [1.29, 1.82) is 0 Å². The Morgan fingerprint density at radius 2 is 1.94 bits per heavy atom. The van der Waals surface area contributed by atoms with Gasteiger partial charge in [-0.1, -0.05) is 37.6 Å². The molecular weight excluding hydrogens is 212 g/mol. The highest BCUT2D eigenvalue weighted by atomic mass is 16.2. The average molecular weight is 232 g/mol. The van der Waals surface area contributed by atoms with E-state index in [4.69, 9.17) is 0 Å². The minimum atomic E-state index is -0.270. The lowest BCUT2D eigenvalue weighted by molar-refractivity contribution is -0.124. The molecule has 3 heteroatoms. The van der Waals surface area contributed by atoms with Crippen molar-refractivity contribution in [2.75, 3.05) is 7.05 Å². The number of rotatable bonds is 5. The van der Waals surface area contributed by atoms with Crippen LogP contribution in [-0.4, -0.2) is 13.0 Å². The second-order valence-corrected chi connectivity index (χ2v) is 4.73. The molecule has 1 fully saturated rings. The van der Waals surface area contributed by atoms with Gasteiger partial charge in [-0.05, 0) is 30.4 Å². The summed E-state index contributed by atoms with van der Waals surface area (Å²) in [5, 5.41) is 0. The Kier molecular flexibility index (Phi) is 3.48. The Labute approximate surface area is 103 Å². The lowest BCUT2D eigenvalue weighted by Gasteiger charge is -2.15. The van der Waals surface area contributed by atoms with Crippen LogP contribution in [0.5, 0.6) is 0 Å². The van der Waals surface area contributed by atoms with Crippen molar-refractivity contribution in [2.24, 2.45) is 0 Å². The molecule has 0 saturated heterocycles. The topological polar surface area (TPSA) is 41.1 Å². The van der Waals surface area contributed by atoms with Crippen molar-refractivity contribution in [2.45, 2.75) is 38.0 Å². The summed E-state index contributed by atoms with van der Waals surface area (Å²) in [7, 11) is 1.72. The number of aryl methyl sites for hydroxylation is 1. The first-order valence-corrected chi connectivity index (χ1v) is 6.29. The van der Waals surface area contributed by atoms with Crippen LogP contribution in [0.2, 0.25) is 0 Å². The van der Waals surface area contributed by atoms with E-state index in [2.05, 4.69) is 42.0 Å². The van der Waals surface area contributed by atoms with Gasteiger partial charge in [0, 0.05) is 7.05 Å². The molecule has 0 spiro atoms. The molecule has 0 heterocycles. The summed E-state index contributed by atoms with van der Waals surface area (Å²) >= 11 is 0. The third-order valence-corrected chi connectivity index (χ3v) is 3.47. The van der Waals surface area contributed by atoms with Gasteiger partial charge in [0.25, 0.3) is 0 Å². The second-order valence-electron chi connectivity index (χ2n) is 4.73. The van der Waals surface area contributed by atoms with Crippen LogP contribution in [0.1, 0.15) is 37.3 Å². The maximum Gasteiger partial charge on any atom is 0.244 e. The van der Waals surface area contributed by atoms with Gasteiger partial charge in [0.1, 0.15) is 0 Å². The van der Waals surface area contributed by atoms with E-state index in [1.165, 1.54) is 5.56 Å². The zero-order valence-electron chi connectivity index (χ0n) is 10.5. The molecule has 1 aliphatic rings. The summed E-state index contributed by atoms with van der Waals surface area (Å²) in [4.78, 5) is 12.0. The third-order valence-electron chi connectivity index (χ3n) is 3.47. The number of nitrogens with one attached hydrogen (secondary N) is 2. The van der Waals surface area contributed by atoms with E-state index in [0.29, 0.717) is 0 Å². The molecule has 2 rings (SSSR count). The molecule has 0 aromatic heterocycles. The lowest BCUT2D eigenvalue weighted by atomic mass is 9.93. The second kappa shape index (κ2) is 4.88. The maximum atomic E-state index is 12.0. The fraction of sp³-hybridized carbons (Fsp3) is 0.500. The quantitative estimate of drug-likeness (QED) is 0.762. The molecule has 0 atom stereocenters. The fourth-order valence-corrected chi connectivity index (χ4v) is 2.28. The molecule has 0 radical (unpaired) electrons. The van der Waals surface area contributed by atoms with Crippen LogP contribution >= 0.6 is 0 Å². The van der Waals surface area contributed by atoms with E-state index in [1.54, 1.807) is 7.05 Å². The van der Waals surface area contributed by atoms with E-state index >= 15 is 0 Å². The number of hydrogen-bond donors (Lipinski definition) is 2. The summed E-state index contributed by atoms with van der Waals surface area (Å²) in [6.45, 7) is 2.18. The van der Waals surface area contributed by atoms with Crippen molar-refractivity contribution in [3.63, 3.8) is 0 Å². The number of carbonyl (C=O) groups is 1. The van der Waals surface area contributed by atoms with Gasteiger partial charge in [-0.3, -0.25) is 10.2 Å². The van der Waals surface area contributed by atoms with E-state index in [9.17, 15) is 4.79 Å². The Morgan fingerprint density at radius 1 is 1.29 bits per heavy atom. The molecule has 92 valence electrons. The molecule has 1 aromatic rings. The third kappa shape index (κ3) is 2.34. The van der Waals surface area contributed by atoms with E-state index in [1.807, 2.05) is 0 Å². The lowest BCUT2D eigenvalue weighted by Crippen LogP contribution is -2.41. The highest BCUT2D eigenvalue weighted by Gasteiger charge is 2.51. The van der Waals surface area contributed by atoms with Crippen LogP contribution in [0.15, 0.2) is 24.3 Å². The number of amides is 1. The van der Waals surface area contributed by atoms with Gasteiger partial charge in [0.2, 0.25) is 5.91 Å². The van der Waals surface area contributed by atoms with Crippen molar-refractivity contribution < 1.29 is 4.79 Å². The summed E-state index contributed by atoms with van der Waals surface area (Å²) in [5.74, 6) is 0.0863. The normalized spacial score (nSPS) is 16.6. The largest absolute Gasteiger partial charge is 0.291 e. The highest BCUT2D eigenvalue weighted by Crippen LogP contribution is 2.48. The summed E-state index contributed by atoms with van der Waals surface area (Å²) in [6.07, 6.45) is 4.17. The molecule has 1 amide bonds. The maximum absolute atomic E-state index is 12.0. The number of hydrogen-bond acceptors (Lipinski definition) is 2. The minimum Gasteiger partial charge on any atom is -0.291 e. The number of carbonyl (C=O) groups excluding carboxylic acids is 1. The molecule has 1 aromatic carbocycles. The fourth-order valence-electron chi connectivity index (χ4n) is 2.28. The van der Waals surface area contributed by atoms with Gasteiger partial charge in [-0.15, -0.1) is 0 Å². The summed E-state index contributed by atoms with van der Waals surface area (Å²) in [6, 6.07) is 8.50. The first-order chi connectivity index (χ1) is 8.23. The van der Waals surface area contributed by atoms with Gasteiger partial charge in [-0.25, -0.2) is 5.43 Å². The molecule has 17 heavy (non-hydrogen) atoms. The van der Waals surface area contributed by atoms with E-state index < -0.39 is 0 Å². The highest BCUT2D eigenvalue weighted by molar-refractivity contribution is 5.90. The standard InChI is InChI=1S/C14H20N2O/c1-3-4-11-5-7-12(8-6-11)14(9-10-14)13(17)16-15-2/h5-8,15H,3-4,9-10H2,1-2H3,(H,16,17). The molecular formula is C14H20N2O. The predicted octanol–water partition coefficient (Wildman–Crippen LogP) is 1.92. The van der Waals surface area contributed by atoms with Gasteiger partial charge < -0.3 is 0 Å². The number of benzene rings is 1. The summed E-state index contributed by atoms with van der Waals surface area (Å²) in [5.41, 5.74) is 7.63. The van der Waals surface area contributed by atoms with E-state index in [-0.39, 0.29) is 11.3 Å². The van der Waals surface area contributed by atoms with Crippen molar-refractivity contribution in [3.8, 4) is 0 Å². The Bertz CT molecular complexity index is 393. The Balaban J connectivity index is 2.14. The molecule has 3 nitrogen and oxygen atoms in total. The Hall–Kier alpha value is -1.35. The zero-order valence-corrected chi connectivity index (χ0v) is 10.5. The van der Waals surface area contributed by atoms with Crippen molar-refractivity contribution in [3.05, 3.63) is 35.4 Å². The molecule has 1 aliphatic carbocycles. The zero-order chi connectivity index (χ0) is 12.3. The van der Waals surface area contributed by atoms with Crippen LogP contribution < -0.4 is 10.9 Å². The van der Waals surface area contributed by atoms with Gasteiger partial charge in [0.05, 0.1) is 5.41 Å². The smallest absolute Gasteiger partial charge is 0.244 e. The van der Waals surface area contributed by atoms with Gasteiger partial charge >= 0.3 is 0 Å². The molecule has 0 bridgehead atoms. The molecule has 0 unspecified atom stereocenters. The molecule has 0 aliphatic heterocycles. The van der Waals surface area contributed by atoms with Crippen LogP contribution in [0.4, 0.5) is 0 Å². The van der Waals surface area contributed by atoms with Gasteiger partial charge in [-0.2, -0.15) is 0 Å². The first-order valence-electron chi connectivity index (χ1n) is 6.29. The molecule has 1 saturated carbocycles. The number of hydrazine groups is 1. The predicted molar refractivity (Wildman–Crippen MR) is 68.6 cm³/mol. The Morgan fingerprint density at radius 3 is 2.41 bits per heavy atom. The minimum absolute atomic E-state index is 0.0863. The van der Waals surface area contributed by atoms with Crippen LogP contribution in [0, 0.1) is 0 Å². The van der Waals surface area contributed by atoms with Crippen molar-refractivity contribution >= 4 is 5.91 Å². The monoisotopic (exact) mass is 232 g/mol. The first kappa shape index (κ1) is 12.1. The van der Waals surface area contributed by atoms with Crippen molar-refractivity contribution in [1.82, 2.24) is 10.9 Å². The molecule has 2 N–H and O–H groups in total. The van der Waals surface area contributed by atoms with Crippen LogP contribution in [0.3, 0.4) is 0 Å².